The number of carbonyl (C=O) groups is 1. The summed E-state index contributed by atoms with van der Waals surface area (Å²) < 4.78 is 31.6. The molecule has 170 valence electrons. The van der Waals surface area contributed by atoms with Crippen LogP contribution in [-0.4, -0.2) is 34.5 Å². The molecule has 5 rings (SSSR count). The summed E-state index contributed by atoms with van der Waals surface area (Å²) in [7, 11) is 1.84. The maximum atomic E-state index is 15.3. The Bertz CT molecular complexity index is 1480. The molecule has 5 nitrogen and oxygen atoms in total. The molecule has 0 aliphatic carbocycles. The lowest BCUT2D eigenvalue weighted by atomic mass is 9.91. The van der Waals surface area contributed by atoms with E-state index < -0.39 is 11.6 Å². The van der Waals surface area contributed by atoms with Crippen LogP contribution in [-0.2, 0) is 7.05 Å². The average Bonchev–Trinajstić information content (AvgIpc) is 3.43. The van der Waals surface area contributed by atoms with Crippen LogP contribution in [0.3, 0.4) is 0 Å². The predicted octanol–water partition coefficient (Wildman–Crippen LogP) is 4.84. The number of fused-ring (bicyclic) bond motifs is 1. The zero-order valence-electron chi connectivity index (χ0n) is 18.6. The molecule has 0 unspecified atom stereocenters. The standard InChI is InChI=1S/C27H22F2N4O/c1-32-8-6-17-10-23(25(29)13-26(17)32)21-5-4-18(27(34)33-9-7-20(31)15-33)11-22(21)16-2-3-19(14-30)24(28)12-16/h2-6,8,10-13,20H,7,9,15,31H2,1H3/t20-/m0/s1. The number of nitrogens with two attached hydrogens (primary N) is 1. The summed E-state index contributed by atoms with van der Waals surface area (Å²) in [5.74, 6) is -1.27. The molecule has 1 aromatic heterocycles. The second-order valence-electron chi connectivity index (χ2n) is 8.68. The predicted molar refractivity (Wildman–Crippen MR) is 127 cm³/mol. The SMILES string of the molecule is Cn1ccc2cc(-c3ccc(C(=O)N4CC[C@H](N)C4)cc3-c3ccc(C#N)c(F)c3)c(F)cc21. The summed E-state index contributed by atoms with van der Waals surface area (Å²) in [6.45, 7) is 1.04. The highest BCUT2D eigenvalue weighted by atomic mass is 19.1. The molecular weight excluding hydrogens is 434 g/mol. The molecule has 2 N–H and O–H groups in total. The smallest absolute Gasteiger partial charge is 0.253 e. The van der Waals surface area contributed by atoms with Gasteiger partial charge in [0.05, 0.1) is 11.1 Å². The molecule has 4 aromatic rings. The van der Waals surface area contributed by atoms with Crippen molar-refractivity contribution in [2.45, 2.75) is 12.5 Å². The fourth-order valence-electron chi connectivity index (χ4n) is 4.58. The Morgan fingerprint density at radius 2 is 1.85 bits per heavy atom. The van der Waals surface area contributed by atoms with E-state index in [2.05, 4.69) is 0 Å². The zero-order chi connectivity index (χ0) is 24.0. The van der Waals surface area contributed by atoms with Crippen molar-refractivity contribution in [3.8, 4) is 28.3 Å². The van der Waals surface area contributed by atoms with E-state index >= 15 is 4.39 Å². The van der Waals surface area contributed by atoms with Gasteiger partial charge in [0.25, 0.3) is 5.91 Å². The van der Waals surface area contributed by atoms with E-state index in [1.807, 2.05) is 29.9 Å². The third-order valence-corrected chi connectivity index (χ3v) is 6.44. The normalized spacial score (nSPS) is 15.6. The minimum Gasteiger partial charge on any atom is -0.350 e. The highest BCUT2D eigenvalue weighted by Gasteiger charge is 2.25. The van der Waals surface area contributed by atoms with E-state index in [1.165, 1.54) is 18.2 Å². The maximum absolute atomic E-state index is 15.3. The minimum atomic E-state index is -0.674. The molecule has 0 spiro atoms. The van der Waals surface area contributed by atoms with Crippen molar-refractivity contribution in [3.63, 3.8) is 0 Å². The van der Waals surface area contributed by atoms with Crippen molar-refractivity contribution in [1.82, 2.24) is 9.47 Å². The second kappa shape index (κ2) is 8.40. The summed E-state index contributed by atoms with van der Waals surface area (Å²) in [4.78, 5) is 14.8. The van der Waals surface area contributed by atoms with Crippen molar-refractivity contribution >= 4 is 16.8 Å². The Hall–Kier alpha value is -4.02. The number of aromatic nitrogens is 1. The Kier molecular flexibility index (Phi) is 5.39. The van der Waals surface area contributed by atoms with Crippen molar-refractivity contribution in [2.75, 3.05) is 13.1 Å². The first-order valence-corrected chi connectivity index (χ1v) is 11.0. The number of amides is 1. The summed E-state index contributed by atoms with van der Waals surface area (Å²) in [5, 5.41) is 9.97. The van der Waals surface area contributed by atoms with Gasteiger partial charge in [0.15, 0.2) is 0 Å². The number of nitrogens with zero attached hydrogens (tertiary/aromatic N) is 3. The molecular formula is C27H22F2N4O. The largest absolute Gasteiger partial charge is 0.350 e. The topological polar surface area (TPSA) is 75.1 Å². The monoisotopic (exact) mass is 456 g/mol. The van der Waals surface area contributed by atoms with Crippen LogP contribution in [0.5, 0.6) is 0 Å². The van der Waals surface area contributed by atoms with Crippen molar-refractivity contribution < 1.29 is 13.6 Å². The molecule has 7 heteroatoms. The zero-order valence-corrected chi connectivity index (χ0v) is 18.6. The van der Waals surface area contributed by atoms with Crippen molar-refractivity contribution in [2.24, 2.45) is 12.8 Å². The molecule has 0 saturated carbocycles. The van der Waals surface area contributed by atoms with Gasteiger partial charge >= 0.3 is 0 Å². The van der Waals surface area contributed by atoms with E-state index in [9.17, 15) is 9.18 Å². The van der Waals surface area contributed by atoms with Crippen molar-refractivity contribution in [1.29, 1.82) is 5.26 Å². The first kappa shape index (κ1) is 21.8. The Balaban J connectivity index is 1.69. The summed E-state index contributed by atoms with van der Waals surface area (Å²) in [6, 6.07) is 16.2. The molecule has 1 aliphatic heterocycles. The highest BCUT2D eigenvalue weighted by Crippen LogP contribution is 2.37. The molecule has 0 radical (unpaired) electrons. The third-order valence-electron chi connectivity index (χ3n) is 6.44. The number of benzene rings is 3. The lowest BCUT2D eigenvalue weighted by molar-refractivity contribution is 0.0791. The Morgan fingerprint density at radius 3 is 2.56 bits per heavy atom. The van der Waals surface area contributed by atoms with Gasteiger partial charge in [-0.1, -0.05) is 12.1 Å². The summed E-state index contributed by atoms with van der Waals surface area (Å²) in [6.07, 6.45) is 2.59. The fourth-order valence-corrected chi connectivity index (χ4v) is 4.58. The highest BCUT2D eigenvalue weighted by molar-refractivity contribution is 5.99. The van der Waals surface area contributed by atoms with Gasteiger partial charge in [-0.05, 0) is 65.6 Å². The van der Waals surface area contributed by atoms with Crippen LogP contribution >= 0.6 is 0 Å². The van der Waals surface area contributed by atoms with Gasteiger partial charge in [0, 0.05) is 48.9 Å². The molecule has 3 aromatic carbocycles. The molecule has 1 amide bonds. The summed E-state index contributed by atoms with van der Waals surface area (Å²) in [5.41, 5.74) is 8.89. The van der Waals surface area contributed by atoms with Crippen LogP contribution < -0.4 is 5.73 Å². The van der Waals surface area contributed by atoms with Gasteiger partial charge in [-0.3, -0.25) is 4.79 Å². The first-order valence-electron chi connectivity index (χ1n) is 11.0. The number of rotatable bonds is 3. The quantitative estimate of drug-likeness (QED) is 0.480. The molecule has 34 heavy (non-hydrogen) atoms. The van der Waals surface area contributed by atoms with Crippen LogP contribution in [0.1, 0.15) is 22.3 Å². The summed E-state index contributed by atoms with van der Waals surface area (Å²) >= 11 is 0. The van der Waals surface area contributed by atoms with Crippen LogP contribution in [0.15, 0.2) is 60.8 Å². The fraction of sp³-hybridized carbons (Fsp3) is 0.185. The van der Waals surface area contributed by atoms with E-state index in [-0.39, 0.29) is 17.5 Å². The van der Waals surface area contributed by atoms with Gasteiger partial charge in [-0.2, -0.15) is 5.26 Å². The molecule has 0 bridgehead atoms. The Labute approximate surface area is 195 Å². The molecule has 1 aliphatic rings. The molecule has 2 heterocycles. The first-order chi connectivity index (χ1) is 16.4. The molecule has 1 atom stereocenters. The van der Waals surface area contributed by atoms with Gasteiger partial charge in [0.2, 0.25) is 0 Å². The van der Waals surface area contributed by atoms with E-state index in [0.717, 1.165) is 17.3 Å². The van der Waals surface area contributed by atoms with E-state index in [4.69, 9.17) is 11.0 Å². The maximum Gasteiger partial charge on any atom is 0.253 e. The number of aryl methyl sites for hydroxylation is 1. The van der Waals surface area contributed by atoms with Crippen LogP contribution in [0.2, 0.25) is 0 Å². The number of likely N-dealkylation sites (tertiary alicyclic amines) is 1. The van der Waals surface area contributed by atoms with Crippen LogP contribution in [0.4, 0.5) is 8.78 Å². The van der Waals surface area contributed by atoms with Gasteiger partial charge < -0.3 is 15.2 Å². The number of hydrogen-bond donors (Lipinski definition) is 1. The lowest BCUT2D eigenvalue weighted by Crippen LogP contribution is -2.31. The second-order valence-corrected chi connectivity index (χ2v) is 8.68. The number of hydrogen-bond acceptors (Lipinski definition) is 3. The van der Waals surface area contributed by atoms with Crippen molar-refractivity contribution in [3.05, 3.63) is 83.6 Å². The van der Waals surface area contributed by atoms with E-state index in [1.54, 1.807) is 35.2 Å². The minimum absolute atomic E-state index is 0.0537. The van der Waals surface area contributed by atoms with Gasteiger partial charge in [-0.25, -0.2) is 8.78 Å². The van der Waals surface area contributed by atoms with Gasteiger partial charge in [0.1, 0.15) is 17.7 Å². The average molecular weight is 456 g/mol. The number of carbonyl (C=O) groups excluding carboxylic acids is 1. The third kappa shape index (κ3) is 3.72. The Morgan fingerprint density at radius 1 is 1.03 bits per heavy atom. The number of halogens is 2. The van der Waals surface area contributed by atoms with E-state index in [0.29, 0.717) is 40.9 Å². The van der Waals surface area contributed by atoms with Gasteiger partial charge in [-0.15, -0.1) is 0 Å². The number of nitriles is 1. The van der Waals surface area contributed by atoms with Crippen LogP contribution in [0.25, 0.3) is 33.2 Å². The van der Waals surface area contributed by atoms with Crippen LogP contribution in [0, 0.1) is 23.0 Å². The molecule has 1 saturated heterocycles. The lowest BCUT2D eigenvalue weighted by Gasteiger charge is -2.18. The molecule has 1 fully saturated rings.